The Morgan fingerprint density at radius 2 is 1.64 bits per heavy atom. The van der Waals surface area contributed by atoms with Crippen LogP contribution in [0.1, 0.15) is 35.7 Å². The molecule has 2 aromatic rings. The predicted octanol–water partition coefficient (Wildman–Crippen LogP) is 6.06. The maximum absolute atomic E-state index is 12.9. The molecule has 0 heterocycles. The Morgan fingerprint density at radius 3 is 2.24 bits per heavy atom. The summed E-state index contributed by atoms with van der Waals surface area (Å²) in [6, 6.07) is 8.80. The fourth-order valence-corrected chi connectivity index (χ4v) is 5.02. The van der Waals surface area contributed by atoms with Crippen molar-refractivity contribution < 1.29 is 14.4 Å². The number of urea groups is 1. The van der Waals surface area contributed by atoms with Gasteiger partial charge in [0.1, 0.15) is 4.33 Å². The van der Waals surface area contributed by atoms with Gasteiger partial charge in [-0.2, -0.15) is 0 Å². The number of alkyl halides is 2. The van der Waals surface area contributed by atoms with Crippen LogP contribution in [0, 0.1) is 5.92 Å². The summed E-state index contributed by atoms with van der Waals surface area (Å²) in [7, 11) is 0. The molecule has 33 heavy (non-hydrogen) atoms. The van der Waals surface area contributed by atoms with Crippen LogP contribution in [0.25, 0.3) is 0 Å². The summed E-state index contributed by atoms with van der Waals surface area (Å²) in [4.78, 5) is 37.1. The zero-order valence-corrected chi connectivity index (χ0v) is 21.3. The predicted molar refractivity (Wildman–Crippen MR) is 133 cm³/mol. The van der Waals surface area contributed by atoms with E-state index in [1.165, 1.54) is 12.1 Å². The first-order chi connectivity index (χ1) is 15.4. The van der Waals surface area contributed by atoms with Crippen molar-refractivity contribution in [3.8, 4) is 0 Å². The molecule has 2 unspecified atom stereocenters. The Hall–Kier alpha value is -1.70. The normalized spacial score (nSPS) is 18.5. The minimum absolute atomic E-state index is 0.0765. The van der Waals surface area contributed by atoms with E-state index in [2.05, 4.69) is 16.0 Å². The van der Waals surface area contributed by atoms with Crippen molar-refractivity contribution in [2.75, 3.05) is 11.9 Å². The van der Waals surface area contributed by atoms with E-state index in [0.29, 0.717) is 21.3 Å². The molecule has 0 spiro atoms. The highest BCUT2D eigenvalue weighted by atomic mass is 35.5. The Kier molecular flexibility index (Phi) is 8.07. The van der Waals surface area contributed by atoms with Gasteiger partial charge in [0.2, 0.25) is 5.91 Å². The summed E-state index contributed by atoms with van der Waals surface area (Å²) < 4.78 is -1.34. The van der Waals surface area contributed by atoms with Crippen LogP contribution >= 0.6 is 58.0 Å². The van der Waals surface area contributed by atoms with Crippen LogP contribution in [-0.2, 0) is 4.79 Å². The smallest absolute Gasteiger partial charge is 0.315 e. The van der Waals surface area contributed by atoms with Gasteiger partial charge in [0, 0.05) is 33.3 Å². The molecule has 0 radical (unpaired) electrons. The number of rotatable bonds is 7. The van der Waals surface area contributed by atoms with Crippen molar-refractivity contribution >= 4 is 81.4 Å². The van der Waals surface area contributed by atoms with Crippen molar-refractivity contribution in [2.45, 2.75) is 30.1 Å². The topological polar surface area (TPSA) is 87.3 Å². The molecule has 2 aromatic carbocycles. The van der Waals surface area contributed by atoms with Crippen LogP contribution in [0.2, 0.25) is 15.1 Å². The summed E-state index contributed by atoms with van der Waals surface area (Å²) >= 11 is 31.0. The zero-order valence-electron chi connectivity index (χ0n) is 17.5. The quantitative estimate of drug-likeness (QED) is 0.289. The Balaban J connectivity index is 1.70. The van der Waals surface area contributed by atoms with Gasteiger partial charge in [0.15, 0.2) is 5.78 Å². The number of hydrogen-bond donors (Lipinski definition) is 3. The number of benzene rings is 2. The summed E-state index contributed by atoms with van der Waals surface area (Å²) in [6.45, 7) is 3.33. The highest BCUT2D eigenvalue weighted by Gasteiger charge is 2.67. The highest BCUT2D eigenvalue weighted by Crippen LogP contribution is 2.65. The lowest BCUT2D eigenvalue weighted by Gasteiger charge is -2.11. The number of carbonyl (C=O) groups is 3. The molecule has 3 amide bonds. The van der Waals surface area contributed by atoms with Crippen molar-refractivity contribution in [1.29, 1.82) is 0 Å². The summed E-state index contributed by atoms with van der Waals surface area (Å²) in [5, 5.41) is 8.81. The van der Waals surface area contributed by atoms with E-state index in [1.54, 1.807) is 38.1 Å². The molecular weight excluding hydrogens is 532 g/mol. The largest absolute Gasteiger partial charge is 0.336 e. The van der Waals surface area contributed by atoms with E-state index in [1.807, 2.05) is 0 Å². The lowest BCUT2D eigenvalue weighted by atomic mass is 10.1. The number of ketones is 1. The second-order valence-corrected chi connectivity index (χ2v) is 10.6. The molecular formula is C22H20Cl5N3O3. The van der Waals surface area contributed by atoms with Crippen LogP contribution in [0.4, 0.5) is 10.5 Å². The Labute approximate surface area is 216 Å². The lowest BCUT2D eigenvalue weighted by Crippen LogP contribution is -2.41. The van der Waals surface area contributed by atoms with Crippen LogP contribution in [0.5, 0.6) is 0 Å². The molecule has 1 aliphatic rings. The molecule has 3 rings (SSSR count). The van der Waals surface area contributed by atoms with Gasteiger partial charge in [-0.3, -0.25) is 9.59 Å². The molecule has 0 aromatic heterocycles. The monoisotopic (exact) mass is 549 g/mol. The SMILES string of the molecule is CC(C)NC(=O)NCC(=O)c1cc(NC(=O)C2C(c3cc(Cl)cc(Cl)c3)C2(Cl)Cl)ccc1Cl. The third-order valence-corrected chi connectivity index (χ3v) is 6.65. The van der Waals surface area contributed by atoms with Gasteiger partial charge in [-0.1, -0.05) is 34.8 Å². The van der Waals surface area contributed by atoms with E-state index in [9.17, 15) is 14.4 Å². The van der Waals surface area contributed by atoms with E-state index in [4.69, 9.17) is 58.0 Å². The van der Waals surface area contributed by atoms with E-state index in [-0.39, 0.29) is 23.2 Å². The van der Waals surface area contributed by atoms with Gasteiger partial charge in [-0.15, -0.1) is 23.2 Å². The number of anilines is 1. The molecule has 1 aliphatic carbocycles. The first kappa shape index (κ1) is 25.9. The first-order valence-electron chi connectivity index (χ1n) is 9.92. The second kappa shape index (κ2) is 10.3. The molecule has 1 saturated carbocycles. The summed E-state index contributed by atoms with van der Waals surface area (Å²) in [6.07, 6.45) is 0. The minimum Gasteiger partial charge on any atom is -0.336 e. The molecule has 2 atom stereocenters. The Morgan fingerprint density at radius 1 is 1.00 bits per heavy atom. The number of carbonyl (C=O) groups excluding carboxylic acids is 3. The van der Waals surface area contributed by atoms with Crippen molar-refractivity contribution in [1.82, 2.24) is 10.6 Å². The van der Waals surface area contributed by atoms with Gasteiger partial charge >= 0.3 is 6.03 Å². The van der Waals surface area contributed by atoms with E-state index in [0.717, 1.165) is 0 Å². The van der Waals surface area contributed by atoms with Crippen molar-refractivity contribution in [3.05, 3.63) is 62.6 Å². The maximum Gasteiger partial charge on any atom is 0.315 e. The molecule has 1 fully saturated rings. The average molecular weight is 552 g/mol. The van der Waals surface area contributed by atoms with Crippen molar-refractivity contribution in [2.24, 2.45) is 5.92 Å². The third-order valence-electron chi connectivity index (χ3n) is 4.94. The van der Waals surface area contributed by atoms with Gasteiger partial charge in [0.05, 0.1) is 17.5 Å². The summed E-state index contributed by atoms with van der Waals surface area (Å²) in [5.41, 5.74) is 1.13. The van der Waals surface area contributed by atoms with Gasteiger partial charge in [-0.05, 0) is 55.8 Å². The Bertz CT molecular complexity index is 1090. The number of halogens is 5. The molecule has 3 N–H and O–H groups in total. The van der Waals surface area contributed by atoms with Crippen molar-refractivity contribution in [3.63, 3.8) is 0 Å². The molecule has 11 heteroatoms. The fraction of sp³-hybridized carbons (Fsp3) is 0.318. The van der Waals surface area contributed by atoms with Crippen LogP contribution in [-0.4, -0.2) is 34.6 Å². The number of amides is 3. The minimum atomic E-state index is -1.34. The number of hydrogen-bond acceptors (Lipinski definition) is 3. The van der Waals surface area contributed by atoms with Crippen LogP contribution in [0.3, 0.4) is 0 Å². The molecule has 0 aliphatic heterocycles. The van der Waals surface area contributed by atoms with Crippen LogP contribution in [0.15, 0.2) is 36.4 Å². The molecule has 6 nitrogen and oxygen atoms in total. The van der Waals surface area contributed by atoms with Gasteiger partial charge in [-0.25, -0.2) is 4.79 Å². The lowest BCUT2D eigenvalue weighted by molar-refractivity contribution is -0.117. The molecule has 0 saturated heterocycles. The third kappa shape index (κ3) is 6.25. The molecule has 0 bridgehead atoms. The number of Topliss-reactive ketones (excluding diaryl/α,β-unsaturated/α-hetero) is 1. The van der Waals surface area contributed by atoms with Crippen LogP contribution < -0.4 is 16.0 Å². The summed E-state index contributed by atoms with van der Waals surface area (Å²) in [5.74, 6) is -2.12. The number of nitrogens with one attached hydrogen (secondary N) is 3. The fourth-order valence-electron chi connectivity index (χ4n) is 3.43. The van der Waals surface area contributed by atoms with E-state index < -0.39 is 33.9 Å². The highest BCUT2D eigenvalue weighted by molar-refractivity contribution is 6.53. The zero-order chi connectivity index (χ0) is 24.5. The second-order valence-electron chi connectivity index (χ2n) is 7.92. The van der Waals surface area contributed by atoms with E-state index >= 15 is 0 Å². The van der Waals surface area contributed by atoms with Gasteiger partial charge < -0.3 is 16.0 Å². The standard InChI is InChI=1S/C22H20Cl5N3O3/c1-10(2)29-21(33)28-9-17(31)15-8-14(3-4-16(15)25)30-20(32)19-18(22(19,26)27)11-5-12(23)7-13(24)6-11/h3-8,10,18-19H,9H2,1-2H3,(H,30,32)(H2,28,29,33). The maximum atomic E-state index is 12.9. The average Bonchev–Trinajstić information content (AvgIpc) is 3.28. The molecule has 176 valence electrons. The van der Waals surface area contributed by atoms with Gasteiger partial charge in [0.25, 0.3) is 0 Å². The first-order valence-corrected chi connectivity index (χ1v) is 11.8.